The molecule has 0 aliphatic heterocycles. The van der Waals surface area contributed by atoms with Crippen LogP contribution in [-0.2, 0) is 13.0 Å². The second-order valence-corrected chi connectivity index (χ2v) is 8.24. The molecule has 1 unspecified atom stereocenters. The van der Waals surface area contributed by atoms with Gasteiger partial charge in [0.05, 0.1) is 11.2 Å². The highest BCUT2D eigenvalue weighted by atomic mass is 32.2. The maximum absolute atomic E-state index is 4.81. The van der Waals surface area contributed by atoms with Gasteiger partial charge in [0.1, 0.15) is 0 Å². The predicted octanol–water partition coefficient (Wildman–Crippen LogP) is 3.72. The maximum Gasteiger partial charge on any atom is 0.0719 e. The van der Waals surface area contributed by atoms with E-state index in [-0.39, 0.29) is 0 Å². The number of aromatic nitrogens is 2. The van der Waals surface area contributed by atoms with Crippen molar-refractivity contribution in [1.29, 1.82) is 0 Å². The fraction of sp³-hybridized carbons (Fsp3) is 0.588. The summed E-state index contributed by atoms with van der Waals surface area (Å²) < 4.78 is 2.41. The van der Waals surface area contributed by atoms with Crippen LogP contribution in [0.2, 0.25) is 0 Å². The van der Waals surface area contributed by atoms with E-state index in [1.54, 1.807) is 0 Å². The SMILES string of the molecule is CCn1nc(CC(CSC(C)(C)C)NC)c2ccccc21. The van der Waals surface area contributed by atoms with Crippen LogP contribution in [0.1, 0.15) is 33.4 Å². The van der Waals surface area contributed by atoms with Crippen LogP contribution in [0.4, 0.5) is 0 Å². The summed E-state index contributed by atoms with van der Waals surface area (Å²) in [6, 6.07) is 9.00. The van der Waals surface area contributed by atoms with E-state index in [0.29, 0.717) is 10.8 Å². The minimum Gasteiger partial charge on any atom is -0.316 e. The molecule has 1 atom stereocenters. The Hall–Kier alpha value is -1.00. The number of hydrogen-bond donors (Lipinski definition) is 1. The highest BCUT2D eigenvalue weighted by molar-refractivity contribution is 8.00. The summed E-state index contributed by atoms with van der Waals surface area (Å²) >= 11 is 2.01. The van der Waals surface area contributed by atoms with Gasteiger partial charge in [-0.2, -0.15) is 16.9 Å². The Labute approximate surface area is 132 Å². The third-order valence-corrected chi connectivity index (χ3v) is 5.03. The molecule has 0 fully saturated rings. The largest absolute Gasteiger partial charge is 0.316 e. The molecule has 2 rings (SSSR count). The Kier molecular flexibility index (Phi) is 5.33. The molecule has 3 nitrogen and oxygen atoms in total. The molecule has 0 aliphatic carbocycles. The molecule has 0 saturated carbocycles. The monoisotopic (exact) mass is 305 g/mol. The van der Waals surface area contributed by atoms with Crippen molar-refractivity contribution in [3.63, 3.8) is 0 Å². The van der Waals surface area contributed by atoms with Crippen LogP contribution < -0.4 is 5.32 Å². The number of hydrogen-bond acceptors (Lipinski definition) is 3. The van der Waals surface area contributed by atoms with Gasteiger partial charge in [0.25, 0.3) is 0 Å². The van der Waals surface area contributed by atoms with E-state index >= 15 is 0 Å². The molecular weight excluding hydrogens is 278 g/mol. The Morgan fingerprint density at radius 2 is 2.00 bits per heavy atom. The molecule has 1 N–H and O–H groups in total. The average Bonchev–Trinajstić information content (AvgIpc) is 2.80. The van der Waals surface area contributed by atoms with Gasteiger partial charge in [-0.15, -0.1) is 0 Å². The van der Waals surface area contributed by atoms with Crippen LogP contribution in [0.25, 0.3) is 10.9 Å². The van der Waals surface area contributed by atoms with Gasteiger partial charge in [-0.3, -0.25) is 4.68 Å². The molecule has 2 aromatic rings. The Bertz CT molecular complexity index is 583. The number of rotatable bonds is 6. The molecule has 0 bridgehead atoms. The van der Waals surface area contributed by atoms with Crippen LogP contribution in [0.5, 0.6) is 0 Å². The van der Waals surface area contributed by atoms with Gasteiger partial charge in [0, 0.05) is 34.9 Å². The number of nitrogens with one attached hydrogen (secondary N) is 1. The number of fused-ring (bicyclic) bond motifs is 1. The second-order valence-electron chi connectivity index (χ2n) is 6.39. The molecule has 21 heavy (non-hydrogen) atoms. The van der Waals surface area contributed by atoms with E-state index in [9.17, 15) is 0 Å². The first kappa shape index (κ1) is 16.4. The molecular formula is C17H27N3S. The van der Waals surface area contributed by atoms with Crippen molar-refractivity contribution in [3.8, 4) is 0 Å². The molecule has 0 spiro atoms. The summed E-state index contributed by atoms with van der Waals surface area (Å²) in [5.74, 6) is 1.10. The summed E-state index contributed by atoms with van der Waals surface area (Å²) in [5.41, 5.74) is 2.45. The number of aryl methyl sites for hydroxylation is 1. The van der Waals surface area contributed by atoms with Crippen molar-refractivity contribution in [2.75, 3.05) is 12.8 Å². The van der Waals surface area contributed by atoms with Gasteiger partial charge in [-0.25, -0.2) is 0 Å². The van der Waals surface area contributed by atoms with E-state index in [2.05, 4.69) is 62.0 Å². The van der Waals surface area contributed by atoms with Crippen LogP contribution >= 0.6 is 11.8 Å². The fourth-order valence-electron chi connectivity index (χ4n) is 2.42. The van der Waals surface area contributed by atoms with E-state index in [1.807, 2.05) is 18.8 Å². The van der Waals surface area contributed by atoms with Crippen molar-refractivity contribution in [1.82, 2.24) is 15.1 Å². The van der Waals surface area contributed by atoms with Crippen LogP contribution in [0, 0.1) is 0 Å². The number of thioether (sulfide) groups is 1. The zero-order chi connectivity index (χ0) is 15.5. The van der Waals surface area contributed by atoms with Crippen molar-refractivity contribution in [2.45, 2.75) is 51.4 Å². The molecule has 0 aliphatic rings. The summed E-state index contributed by atoms with van der Waals surface area (Å²) in [4.78, 5) is 0. The Morgan fingerprint density at radius 1 is 1.29 bits per heavy atom. The first-order chi connectivity index (χ1) is 9.94. The zero-order valence-electron chi connectivity index (χ0n) is 13.8. The summed E-state index contributed by atoms with van der Waals surface area (Å²) in [7, 11) is 2.05. The predicted molar refractivity (Wildman–Crippen MR) is 94.2 cm³/mol. The number of benzene rings is 1. The van der Waals surface area contributed by atoms with Crippen LogP contribution in [-0.4, -0.2) is 33.4 Å². The second kappa shape index (κ2) is 6.84. The molecule has 1 aromatic carbocycles. The van der Waals surface area contributed by atoms with Gasteiger partial charge in [-0.1, -0.05) is 39.0 Å². The van der Waals surface area contributed by atoms with E-state index in [4.69, 9.17) is 5.10 Å². The van der Waals surface area contributed by atoms with Crippen molar-refractivity contribution in [3.05, 3.63) is 30.0 Å². The molecule has 116 valence electrons. The lowest BCUT2D eigenvalue weighted by atomic mass is 10.1. The van der Waals surface area contributed by atoms with Gasteiger partial charge in [0.2, 0.25) is 0 Å². The highest BCUT2D eigenvalue weighted by Crippen LogP contribution is 2.25. The first-order valence-electron chi connectivity index (χ1n) is 7.70. The zero-order valence-corrected chi connectivity index (χ0v) is 14.6. The third-order valence-electron chi connectivity index (χ3n) is 3.60. The van der Waals surface area contributed by atoms with Gasteiger partial charge < -0.3 is 5.32 Å². The number of likely N-dealkylation sites (N-methyl/N-ethyl adjacent to an activating group) is 1. The van der Waals surface area contributed by atoms with E-state index < -0.39 is 0 Å². The van der Waals surface area contributed by atoms with Gasteiger partial charge in [-0.05, 0) is 20.0 Å². The van der Waals surface area contributed by atoms with Gasteiger partial charge in [0.15, 0.2) is 0 Å². The average molecular weight is 305 g/mol. The fourth-order valence-corrected chi connectivity index (χ4v) is 3.40. The van der Waals surface area contributed by atoms with Crippen LogP contribution in [0.15, 0.2) is 24.3 Å². The molecule has 0 amide bonds. The van der Waals surface area contributed by atoms with Crippen LogP contribution in [0.3, 0.4) is 0 Å². The maximum atomic E-state index is 4.81. The minimum absolute atomic E-state index is 0.306. The van der Waals surface area contributed by atoms with Crippen molar-refractivity contribution < 1.29 is 0 Å². The summed E-state index contributed by atoms with van der Waals surface area (Å²) in [6.07, 6.45) is 0.979. The lowest BCUT2D eigenvalue weighted by Crippen LogP contribution is -2.32. The lowest BCUT2D eigenvalue weighted by molar-refractivity contribution is 0.590. The van der Waals surface area contributed by atoms with Gasteiger partial charge >= 0.3 is 0 Å². The topological polar surface area (TPSA) is 29.9 Å². The molecule has 0 saturated heterocycles. The minimum atomic E-state index is 0.306. The lowest BCUT2D eigenvalue weighted by Gasteiger charge is -2.22. The Balaban J connectivity index is 2.18. The normalized spacial score (nSPS) is 13.8. The summed E-state index contributed by atoms with van der Waals surface area (Å²) in [6.45, 7) is 9.87. The van der Waals surface area contributed by atoms with E-state index in [0.717, 1.165) is 18.7 Å². The summed E-state index contributed by atoms with van der Waals surface area (Å²) in [5, 5.41) is 9.54. The highest BCUT2D eigenvalue weighted by Gasteiger charge is 2.18. The first-order valence-corrected chi connectivity index (χ1v) is 8.69. The quantitative estimate of drug-likeness (QED) is 0.882. The number of nitrogens with zero attached hydrogens (tertiary/aromatic N) is 2. The smallest absolute Gasteiger partial charge is 0.0719 e. The standard InChI is InChI=1S/C17H27N3S/c1-6-20-16-10-8-7-9-14(16)15(19-20)11-13(18-5)12-21-17(2,3)4/h7-10,13,18H,6,11-12H2,1-5H3. The van der Waals surface area contributed by atoms with Crippen molar-refractivity contribution >= 4 is 22.7 Å². The van der Waals surface area contributed by atoms with E-state index in [1.165, 1.54) is 16.6 Å². The molecule has 1 heterocycles. The third kappa shape index (κ3) is 4.24. The van der Waals surface area contributed by atoms with Crippen molar-refractivity contribution in [2.24, 2.45) is 0 Å². The Morgan fingerprint density at radius 3 is 2.62 bits per heavy atom. The number of para-hydroxylation sites is 1. The molecule has 0 radical (unpaired) electrons. The molecule has 4 heteroatoms. The molecule has 1 aromatic heterocycles.